The van der Waals surface area contributed by atoms with Gasteiger partial charge in [-0.2, -0.15) is 18.3 Å². The molecule has 4 heterocycles. The first kappa shape index (κ1) is 29.3. The Morgan fingerprint density at radius 3 is 2.36 bits per heavy atom. The summed E-state index contributed by atoms with van der Waals surface area (Å²) in [5.41, 5.74) is 2.33. The fourth-order valence-corrected chi connectivity index (χ4v) is 5.47. The first-order valence-corrected chi connectivity index (χ1v) is 13.9. The minimum absolute atomic E-state index is 0.0127. The normalized spacial score (nSPS) is 15.6. The van der Waals surface area contributed by atoms with E-state index < -0.39 is 17.3 Å². The minimum atomic E-state index is -4.43. The first-order chi connectivity index (χ1) is 19.7. The number of aromatic nitrogens is 5. The maximum absolute atomic E-state index is 13.8. The number of halogens is 3. The summed E-state index contributed by atoms with van der Waals surface area (Å²) in [5.74, 6) is 0.253. The predicted octanol–water partition coefficient (Wildman–Crippen LogP) is 5.51. The van der Waals surface area contributed by atoms with Crippen molar-refractivity contribution >= 4 is 17.5 Å². The molecule has 42 heavy (non-hydrogen) atoms. The first-order valence-electron chi connectivity index (χ1n) is 13.9. The molecule has 0 unspecified atom stereocenters. The molecule has 0 atom stereocenters. The highest BCUT2D eigenvalue weighted by atomic mass is 19.4. The fourth-order valence-electron chi connectivity index (χ4n) is 5.47. The number of nitrogens with one attached hydrogen (secondary N) is 1. The number of alkyl halides is 3. The second-order valence-corrected chi connectivity index (χ2v) is 11.6. The van der Waals surface area contributed by atoms with Gasteiger partial charge in [0.1, 0.15) is 17.2 Å². The van der Waals surface area contributed by atoms with Crippen LogP contribution in [0.4, 0.5) is 13.2 Å². The van der Waals surface area contributed by atoms with E-state index in [-0.39, 0.29) is 23.4 Å². The molecule has 1 aliphatic rings. The van der Waals surface area contributed by atoms with E-state index in [9.17, 15) is 22.8 Å². The van der Waals surface area contributed by atoms with Crippen molar-refractivity contribution < 1.29 is 22.8 Å². The summed E-state index contributed by atoms with van der Waals surface area (Å²) in [5, 5.41) is 4.59. The van der Waals surface area contributed by atoms with Crippen molar-refractivity contribution in [3.05, 3.63) is 70.6 Å². The third kappa shape index (κ3) is 5.37. The average molecular weight is 582 g/mol. The molecule has 12 heteroatoms. The summed E-state index contributed by atoms with van der Waals surface area (Å²) in [7, 11) is 0. The third-order valence-corrected chi connectivity index (χ3v) is 7.69. The Labute approximate surface area is 241 Å². The van der Waals surface area contributed by atoms with Gasteiger partial charge in [0.25, 0.3) is 11.8 Å². The summed E-state index contributed by atoms with van der Waals surface area (Å²) in [4.78, 5) is 42.8. The number of carbonyl (C=O) groups excluding carboxylic acids is 2. The molecule has 1 aromatic carbocycles. The van der Waals surface area contributed by atoms with Crippen LogP contribution in [-0.2, 0) is 12.6 Å². The Bertz CT molecular complexity index is 1650. The van der Waals surface area contributed by atoms with Crippen molar-refractivity contribution in [2.75, 3.05) is 19.6 Å². The summed E-state index contributed by atoms with van der Waals surface area (Å²) in [6.45, 7) is 12.6. The molecule has 5 rings (SSSR count). The van der Waals surface area contributed by atoms with Gasteiger partial charge in [0.05, 0.1) is 23.0 Å². The summed E-state index contributed by atoms with van der Waals surface area (Å²) >= 11 is 0. The van der Waals surface area contributed by atoms with Gasteiger partial charge in [-0.1, -0.05) is 32.9 Å². The maximum atomic E-state index is 13.8. The average Bonchev–Trinajstić information content (AvgIpc) is 3.53. The zero-order valence-electron chi connectivity index (χ0n) is 24.5. The van der Waals surface area contributed by atoms with Gasteiger partial charge in [-0.05, 0) is 51.3 Å². The Morgan fingerprint density at radius 1 is 1.07 bits per heavy atom. The number of nitrogens with zero attached hydrogens (tertiary/aromatic N) is 6. The summed E-state index contributed by atoms with van der Waals surface area (Å²) < 4.78 is 40.7. The van der Waals surface area contributed by atoms with Crippen LogP contribution in [0.5, 0.6) is 0 Å². The number of imidazole rings is 2. The van der Waals surface area contributed by atoms with Crippen molar-refractivity contribution in [1.82, 2.24) is 34.4 Å². The number of hydrogen-bond acceptors (Lipinski definition) is 5. The minimum Gasteiger partial charge on any atom is -0.345 e. The lowest BCUT2D eigenvalue weighted by molar-refractivity contribution is -0.137. The van der Waals surface area contributed by atoms with Crippen molar-refractivity contribution in [2.24, 2.45) is 0 Å². The Balaban J connectivity index is 1.42. The number of carbonyl (C=O) groups is 2. The topological polar surface area (TPSA) is 99.5 Å². The summed E-state index contributed by atoms with van der Waals surface area (Å²) in [6, 6.07) is 6.64. The molecule has 1 aliphatic heterocycles. The lowest BCUT2D eigenvalue weighted by atomic mass is 9.97. The fraction of sp³-hybridized carbons (Fsp3) is 0.433. The van der Waals surface area contributed by atoms with Crippen LogP contribution in [0.2, 0.25) is 0 Å². The van der Waals surface area contributed by atoms with Gasteiger partial charge in [0.15, 0.2) is 5.65 Å². The van der Waals surface area contributed by atoms with Crippen LogP contribution in [0.15, 0.2) is 36.5 Å². The zero-order chi connectivity index (χ0) is 30.6. The molecule has 3 aromatic heterocycles. The number of benzene rings is 1. The molecule has 0 bridgehead atoms. The van der Waals surface area contributed by atoms with Crippen LogP contribution >= 0.6 is 0 Å². The molecule has 0 spiro atoms. The van der Waals surface area contributed by atoms with Gasteiger partial charge in [0.2, 0.25) is 0 Å². The van der Waals surface area contributed by atoms with Crippen molar-refractivity contribution in [3.63, 3.8) is 0 Å². The van der Waals surface area contributed by atoms with Crippen molar-refractivity contribution in [3.8, 4) is 11.3 Å². The van der Waals surface area contributed by atoms with E-state index in [0.29, 0.717) is 54.5 Å². The van der Waals surface area contributed by atoms with E-state index in [1.165, 1.54) is 16.6 Å². The van der Waals surface area contributed by atoms with Crippen LogP contribution in [0.3, 0.4) is 0 Å². The molecule has 1 fully saturated rings. The Hall–Kier alpha value is -4.22. The smallest absolute Gasteiger partial charge is 0.345 e. The monoisotopic (exact) mass is 581 g/mol. The Kier molecular flexibility index (Phi) is 7.36. The highest BCUT2D eigenvalue weighted by molar-refractivity contribution is 5.95. The van der Waals surface area contributed by atoms with Crippen LogP contribution in [-0.4, -0.2) is 71.4 Å². The molecular formula is C30H34F3N7O2. The number of aromatic amines is 1. The standard InChI is InChI=1S/C30H34F3N7O2/c1-7-22-25(35-18(4)34-22)28(42)38-12-13-39(29(5,6)16-38)27(41)24-15-40-26(36-24)21(17(2)3)14-23(37-40)19-8-10-20(11-9-19)30(31,32)33/h8-11,14-15,17H,7,12-13,16H2,1-6H3,(H,34,35). The maximum Gasteiger partial charge on any atom is 0.416 e. The number of H-pyrrole nitrogens is 1. The van der Waals surface area contributed by atoms with Gasteiger partial charge in [0, 0.05) is 36.5 Å². The van der Waals surface area contributed by atoms with E-state index in [0.717, 1.165) is 23.4 Å². The highest BCUT2D eigenvalue weighted by Crippen LogP contribution is 2.32. The van der Waals surface area contributed by atoms with Crippen molar-refractivity contribution in [2.45, 2.75) is 65.6 Å². The Morgan fingerprint density at radius 2 is 1.76 bits per heavy atom. The van der Waals surface area contributed by atoms with E-state index in [1.807, 2.05) is 41.5 Å². The summed E-state index contributed by atoms with van der Waals surface area (Å²) in [6.07, 6.45) is -2.21. The van der Waals surface area contributed by atoms with Gasteiger partial charge in [-0.15, -0.1) is 0 Å². The predicted molar refractivity (Wildman–Crippen MR) is 151 cm³/mol. The molecule has 0 radical (unpaired) electrons. The molecule has 2 amide bonds. The number of fused-ring (bicyclic) bond motifs is 1. The molecule has 4 aromatic rings. The number of aryl methyl sites for hydroxylation is 2. The molecule has 9 nitrogen and oxygen atoms in total. The number of piperazine rings is 1. The zero-order valence-corrected chi connectivity index (χ0v) is 24.5. The molecule has 0 aliphatic carbocycles. The van der Waals surface area contributed by atoms with Gasteiger partial charge in [-0.3, -0.25) is 9.59 Å². The van der Waals surface area contributed by atoms with E-state index >= 15 is 0 Å². The largest absolute Gasteiger partial charge is 0.416 e. The van der Waals surface area contributed by atoms with Gasteiger partial charge >= 0.3 is 6.18 Å². The third-order valence-electron chi connectivity index (χ3n) is 7.69. The van der Waals surface area contributed by atoms with E-state index in [1.54, 1.807) is 22.1 Å². The lowest BCUT2D eigenvalue weighted by Crippen LogP contribution is -2.62. The lowest BCUT2D eigenvalue weighted by Gasteiger charge is -2.46. The van der Waals surface area contributed by atoms with E-state index in [4.69, 9.17) is 0 Å². The molecule has 0 saturated carbocycles. The second-order valence-electron chi connectivity index (χ2n) is 11.6. The molecule has 1 saturated heterocycles. The SMILES string of the molecule is CCc1[nH]c(C)nc1C(=O)N1CCN(C(=O)c2cn3nc(-c4ccc(C(F)(F)F)cc4)cc(C(C)C)c3n2)C(C)(C)C1. The van der Waals surface area contributed by atoms with Crippen LogP contribution in [0.25, 0.3) is 16.9 Å². The van der Waals surface area contributed by atoms with E-state index in [2.05, 4.69) is 20.1 Å². The van der Waals surface area contributed by atoms with Crippen LogP contribution in [0, 0.1) is 6.92 Å². The molecule has 1 N–H and O–H groups in total. The van der Waals surface area contributed by atoms with Crippen LogP contribution in [0.1, 0.15) is 84.2 Å². The quantitative estimate of drug-likeness (QED) is 0.335. The van der Waals surface area contributed by atoms with Crippen LogP contribution < -0.4 is 0 Å². The number of amides is 2. The highest BCUT2D eigenvalue weighted by Gasteiger charge is 2.40. The number of rotatable bonds is 5. The molecule has 222 valence electrons. The second kappa shape index (κ2) is 10.6. The van der Waals surface area contributed by atoms with Gasteiger partial charge < -0.3 is 14.8 Å². The van der Waals surface area contributed by atoms with Gasteiger partial charge in [-0.25, -0.2) is 14.5 Å². The van der Waals surface area contributed by atoms with Crippen molar-refractivity contribution in [1.29, 1.82) is 0 Å². The molecular weight excluding hydrogens is 547 g/mol. The number of hydrogen-bond donors (Lipinski definition) is 1.